The second-order valence-electron chi connectivity index (χ2n) is 6.23. The molecule has 1 aliphatic carbocycles. The fourth-order valence-electron chi connectivity index (χ4n) is 2.96. The highest BCUT2D eigenvalue weighted by atomic mass is 32.1. The van der Waals surface area contributed by atoms with E-state index < -0.39 is 0 Å². The van der Waals surface area contributed by atoms with Crippen molar-refractivity contribution in [3.63, 3.8) is 0 Å². The van der Waals surface area contributed by atoms with Crippen molar-refractivity contribution >= 4 is 29.5 Å². The van der Waals surface area contributed by atoms with Crippen molar-refractivity contribution in [3.05, 3.63) is 57.3 Å². The molecule has 4 nitrogen and oxygen atoms in total. The van der Waals surface area contributed by atoms with E-state index in [2.05, 4.69) is 17.5 Å². The van der Waals surface area contributed by atoms with Crippen LogP contribution in [0.4, 0.5) is 0 Å². The highest BCUT2D eigenvalue weighted by Crippen LogP contribution is 2.32. The van der Waals surface area contributed by atoms with Crippen LogP contribution in [0.1, 0.15) is 39.0 Å². The predicted molar refractivity (Wildman–Crippen MR) is 103 cm³/mol. The summed E-state index contributed by atoms with van der Waals surface area (Å²) in [7, 11) is 1.64. The fraction of sp³-hybridized carbons (Fsp3) is 0.300. The van der Waals surface area contributed by atoms with E-state index in [0.29, 0.717) is 5.92 Å². The van der Waals surface area contributed by atoms with Crippen molar-refractivity contribution in [1.29, 1.82) is 0 Å². The van der Waals surface area contributed by atoms with Crippen LogP contribution in [-0.2, 0) is 12.8 Å². The highest BCUT2D eigenvalue weighted by Gasteiger charge is 2.20. The molecule has 0 fully saturated rings. The summed E-state index contributed by atoms with van der Waals surface area (Å²) >= 11 is 1.59. The van der Waals surface area contributed by atoms with Gasteiger partial charge in [0.1, 0.15) is 5.75 Å². The van der Waals surface area contributed by atoms with E-state index in [1.807, 2.05) is 36.4 Å². The number of para-hydroxylation sites is 1. The molecule has 1 aliphatic rings. The number of hydrogen-bond donors (Lipinski definition) is 1. The molecule has 0 spiro atoms. The van der Waals surface area contributed by atoms with Crippen LogP contribution in [0.25, 0.3) is 6.08 Å². The Hall–Kier alpha value is -2.40. The highest BCUT2D eigenvalue weighted by molar-refractivity contribution is 7.14. The maximum absolute atomic E-state index is 12.2. The van der Waals surface area contributed by atoms with Gasteiger partial charge in [0.25, 0.3) is 5.91 Å². The molecule has 0 saturated heterocycles. The smallest absolute Gasteiger partial charge is 0.281 e. The molecule has 0 bridgehead atoms. The van der Waals surface area contributed by atoms with Crippen molar-refractivity contribution in [2.24, 2.45) is 11.0 Å². The molecule has 1 aromatic carbocycles. The van der Waals surface area contributed by atoms with E-state index in [-0.39, 0.29) is 5.91 Å². The predicted octanol–water partition coefficient (Wildman–Crippen LogP) is 4.31. The Balaban J connectivity index is 1.57. The van der Waals surface area contributed by atoms with Crippen LogP contribution in [0, 0.1) is 5.92 Å². The molecule has 1 heterocycles. The molecule has 1 N–H and O–H groups in total. The molecule has 0 radical (unpaired) electrons. The Morgan fingerprint density at radius 1 is 1.40 bits per heavy atom. The summed E-state index contributed by atoms with van der Waals surface area (Å²) in [4.78, 5) is 14.3. The largest absolute Gasteiger partial charge is 0.496 e. The Labute approximate surface area is 152 Å². The average molecular weight is 354 g/mol. The van der Waals surface area contributed by atoms with Crippen LogP contribution in [0.3, 0.4) is 0 Å². The number of hydrogen-bond acceptors (Lipinski definition) is 4. The molecule has 0 saturated carbocycles. The number of allylic oxidation sites excluding steroid dienone is 1. The summed E-state index contributed by atoms with van der Waals surface area (Å²) in [5.74, 6) is 1.36. The van der Waals surface area contributed by atoms with Gasteiger partial charge in [-0.1, -0.05) is 25.1 Å². The summed E-state index contributed by atoms with van der Waals surface area (Å²) in [6.45, 7) is 2.26. The van der Waals surface area contributed by atoms with Crippen molar-refractivity contribution in [2.75, 3.05) is 7.11 Å². The normalized spacial score (nSPS) is 17.0. The number of fused-ring (bicyclic) bond motifs is 1. The van der Waals surface area contributed by atoms with Gasteiger partial charge in [0, 0.05) is 16.7 Å². The maximum Gasteiger partial charge on any atom is 0.281 e. The summed E-state index contributed by atoms with van der Waals surface area (Å²) in [5.41, 5.74) is 4.88. The van der Waals surface area contributed by atoms with Crippen molar-refractivity contribution in [2.45, 2.75) is 26.2 Å². The fourth-order valence-corrected chi connectivity index (χ4v) is 4.06. The van der Waals surface area contributed by atoms with Gasteiger partial charge in [-0.3, -0.25) is 4.79 Å². The van der Waals surface area contributed by atoms with Crippen molar-refractivity contribution in [3.8, 4) is 5.75 Å². The van der Waals surface area contributed by atoms with Gasteiger partial charge < -0.3 is 4.74 Å². The van der Waals surface area contributed by atoms with Gasteiger partial charge in [0.05, 0.1) is 12.0 Å². The summed E-state index contributed by atoms with van der Waals surface area (Å²) < 4.78 is 5.28. The number of thiophene rings is 1. The lowest BCUT2D eigenvalue weighted by molar-refractivity contribution is 0.0959. The number of nitrogens with one attached hydrogen (secondary N) is 1. The third kappa shape index (κ3) is 4.37. The minimum Gasteiger partial charge on any atom is -0.496 e. The van der Waals surface area contributed by atoms with Crippen LogP contribution in [-0.4, -0.2) is 19.2 Å². The number of carbonyl (C=O) groups excluding carboxylic acids is 1. The van der Waals surface area contributed by atoms with Gasteiger partial charge in [-0.2, -0.15) is 5.10 Å². The van der Waals surface area contributed by atoms with E-state index in [4.69, 9.17) is 4.74 Å². The van der Waals surface area contributed by atoms with Gasteiger partial charge in [-0.15, -0.1) is 11.3 Å². The second kappa shape index (κ2) is 8.12. The average Bonchev–Trinajstić information content (AvgIpc) is 3.05. The van der Waals surface area contributed by atoms with Gasteiger partial charge >= 0.3 is 0 Å². The zero-order chi connectivity index (χ0) is 17.6. The number of ether oxygens (including phenoxy) is 1. The molecular weight excluding hydrogens is 332 g/mol. The van der Waals surface area contributed by atoms with Crippen molar-refractivity contribution in [1.82, 2.24) is 5.43 Å². The molecule has 1 atom stereocenters. The summed E-state index contributed by atoms with van der Waals surface area (Å²) in [6.07, 6.45) is 8.60. The monoisotopic (exact) mass is 354 g/mol. The third-order valence-electron chi connectivity index (χ3n) is 4.29. The zero-order valence-electron chi connectivity index (χ0n) is 14.5. The van der Waals surface area contributed by atoms with Crippen LogP contribution < -0.4 is 10.2 Å². The van der Waals surface area contributed by atoms with Crippen molar-refractivity contribution < 1.29 is 9.53 Å². The number of rotatable bonds is 5. The molecule has 5 heteroatoms. The molecule has 25 heavy (non-hydrogen) atoms. The SMILES string of the molecule is COc1ccccc1/C=C/C=N\NC(=O)c1cc2c(s1)CC[C@@H](C)C2. The van der Waals surface area contributed by atoms with E-state index in [9.17, 15) is 4.79 Å². The van der Waals surface area contributed by atoms with Gasteiger partial charge in [0.2, 0.25) is 0 Å². The first kappa shape index (κ1) is 17.4. The standard InChI is InChI=1S/C20H22N2O2S/c1-14-9-10-18-16(12-14)13-19(25-18)20(23)22-21-11-5-7-15-6-3-4-8-17(15)24-2/h3-8,11,13-14H,9-10,12H2,1-2H3,(H,22,23)/b7-5+,21-11-/t14-/m1/s1. The number of methoxy groups -OCH3 is 1. The van der Waals surface area contributed by atoms with E-state index in [1.165, 1.54) is 16.9 Å². The first-order chi connectivity index (χ1) is 12.2. The summed E-state index contributed by atoms with van der Waals surface area (Å²) in [5, 5.41) is 3.99. The number of benzene rings is 1. The third-order valence-corrected chi connectivity index (χ3v) is 5.53. The van der Waals surface area contributed by atoms with Crippen LogP contribution in [0.5, 0.6) is 5.75 Å². The topological polar surface area (TPSA) is 50.7 Å². The molecule has 0 aliphatic heterocycles. The second-order valence-corrected chi connectivity index (χ2v) is 7.36. The minimum absolute atomic E-state index is 0.144. The molecule has 1 amide bonds. The van der Waals surface area contributed by atoms with Crippen LogP contribution >= 0.6 is 11.3 Å². The zero-order valence-corrected chi connectivity index (χ0v) is 15.3. The Morgan fingerprint density at radius 3 is 3.08 bits per heavy atom. The molecule has 2 aromatic rings. The minimum atomic E-state index is -0.144. The lowest BCUT2D eigenvalue weighted by Gasteiger charge is -2.16. The number of carbonyl (C=O) groups is 1. The maximum atomic E-state index is 12.2. The van der Waals surface area contributed by atoms with Gasteiger partial charge in [-0.25, -0.2) is 5.43 Å². The molecule has 1 aromatic heterocycles. The first-order valence-electron chi connectivity index (χ1n) is 8.42. The molecule has 0 unspecified atom stereocenters. The Kier molecular flexibility index (Phi) is 5.66. The van der Waals surface area contributed by atoms with E-state index >= 15 is 0 Å². The lowest BCUT2D eigenvalue weighted by atomic mass is 9.90. The molecule has 130 valence electrons. The van der Waals surface area contributed by atoms with E-state index in [1.54, 1.807) is 30.7 Å². The Morgan fingerprint density at radius 2 is 2.24 bits per heavy atom. The molecular formula is C20H22N2O2S. The number of nitrogens with zero attached hydrogens (tertiary/aromatic N) is 1. The van der Waals surface area contributed by atoms with Crippen LogP contribution in [0.15, 0.2) is 41.5 Å². The molecule has 3 rings (SSSR count). The first-order valence-corrected chi connectivity index (χ1v) is 9.23. The van der Waals surface area contributed by atoms with E-state index in [0.717, 1.165) is 29.0 Å². The van der Waals surface area contributed by atoms with Crippen LogP contribution in [0.2, 0.25) is 0 Å². The summed E-state index contributed by atoms with van der Waals surface area (Å²) in [6, 6.07) is 9.74. The van der Waals surface area contributed by atoms with Gasteiger partial charge in [0.15, 0.2) is 0 Å². The Bertz CT molecular complexity index is 808. The number of hydrazone groups is 1. The lowest BCUT2D eigenvalue weighted by Crippen LogP contribution is -2.15. The van der Waals surface area contributed by atoms with Gasteiger partial charge in [-0.05, 0) is 55.0 Å². The quantitative estimate of drug-likeness (QED) is 0.642. The number of amides is 1. The number of aryl methyl sites for hydroxylation is 1.